The zero-order chi connectivity index (χ0) is 10.9. The van der Waals surface area contributed by atoms with Gasteiger partial charge in [-0.2, -0.15) is 0 Å². The van der Waals surface area contributed by atoms with E-state index in [0.29, 0.717) is 0 Å². The van der Waals surface area contributed by atoms with E-state index in [4.69, 9.17) is 16.3 Å². The third kappa shape index (κ3) is 1.74. The fourth-order valence-electron chi connectivity index (χ4n) is 1.12. The standard InChI is InChI=1S/C10H8N2O3/c1-2-10(3-4-10)15-8-7(9(13)14)5-11-6-12-8/h1,5-6H,3-4H2,(H,13,14). The first-order valence-electron chi connectivity index (χ1n) is 4.37. The number of nitrogens with zero attached hydrogens (tertiary/aromatic N) is 2. The number of carbonyl (C=O) groups is 1. The second kappa shape index (κ2) is 3.24. The summed E-state index contributed by atoms with van der Waals surface area (Å²) in [5.41, 5.74) is -0.725. The number of carboxylic acid groups (broad SMARTS) is 1. The van der Waals surface area contributed by atoms with Crippen LogP contribution in [0.4, 0.5) is 0 Å². The Morgan fingerprint density at radius 3 is 2.93 bits per heavy atom. The molecule has 5 nitrogen and oxygen atoms in total. The maximum atomic E-state index is 10.8. The molecule has 0 atom stereocenters. The molecule has 1 N–H and O–H groups in total. The molecule has 76 valence electrons. The van der Waals surface area contributed by atoms with Crippen molar-refractivity contribution in [2.45, 2.75) is 18.4 Å². The monoisotopic (exact) mass is 204 g/mol. The maximum absolute atomic E-state index is 10.8. The first-order chi connectivity index (χ1) is 7.17. The molecule has 0 bridgehead atoms. The van der Waals surface area contributed by atoms with Crippen molar-refractivity contribution in [2.24, 2.45) is 0 Å². The third-order valence-corrected chi connectivity index (χ3v) is 2.17. The van der Waals surface area contributed by atoms with Crippen LogP contribution in [-0.4, -0.2) is 26.6 Å². The summed E-state index contributed by atoms with van der Waals surface area (Å²) < 4.78 is 5.39. The van der Waals surface area contributed by atoms with Crippen LogP contribution in [0, 0.1) is 12.3 Å². The van der Waals surface area contributed by atoms with Gasteiger partial charge in [0.15, 0.2) is 5.60 Å². The fraction of sp³-hybridized carbons (Fsp3) is 0.300. The van der Waals surface area contributed by atoms with E-state index in [1.165, 1.54) is 12.5 Å². The van der Waals surface area contributed by atoms with Crippen molar-refractivity contribution >= 4 is 5.97 Å². The van der Waals surface area contributed by atoms with E-state index in [9.17, 15) is 4.79 Å². The predicted octanol–water partition coefficient (Wildman–Crippen LogP) is 0.719. The smallest absolute Gasteiger partial charge is 0.342 e. The van der Waals surface area contributed by atoms with Crippen molar-refractivity contribution in [3.8, 4) is 18.2 Å². The molecule has 0 saturated heterocycles. The zero-order valence-corrected chi connectivity index (χ0v) is 7.80. The van der Waals surface area contributed by atoms with E-state index >= 15 is 0 Å². The molecule has 1 aliphatic rings. The molecular formula is C10H8N2O3. The van der Waals surface area contributed by atoms with Crippen molar-refractivity contribution in [3.63, 3.8) is 0 Å². The van der Waals surface area contributed by atoms with Crippen molar-refractivity contribution in [3.05, 3.63) is 18.1 Å². The summed E-state index contributed by atoms with van der Waals surface area (Å²) in [7, 11) is 0. The molecule has 1 heterocycles. The van der Waals surface area contributed by atoms with Gasteiger partial charge in [-0.3, -0.25) is 0 Å². The molecule has 0 aromatic carbocycles. The molecule has 1 fully saturated rings. The van der Waals surface area contributed by atoms with Gasteiger partial charge in [0.05, 0.1) is 0 Å². The van der Waals surface area contributed by atoms with Gasteiger partial charge in [-0.25, -0.2) is 14.8 Å². The van der Waals surface area contributed by atoms with Crippen LogP contribution in [0.25, 0.3) is 0 Å². The van der Waals surface area contributed by atoms with Gasteiger partial charge in [-0.1, -0.05) is 5.92 Å². The Balaban J connectivity index is 2.29. The van der Waals surface area contributed by atoms with E-state index < -0.39 is 11.6 Å². The third-order valence-electron chi connectivity index (χ3n) is 2.17. The van der Waals surface area contributed by atoms with Crippen LogP contribution in [-0.2, 0) is 0 Å². The van der Waals surface area contributed by atoms with Crippen molar-refractivity contribution < 1.29 is 14.6 Å². The van der Waals surface area contributed by atoms with Gasteiger partial charge in [0.2, 0.25) is 5.88 Å². The van der Waals surface area contributed by atoms with E-state index in [0.717, 1.165) is 12.8 Å². The van der Waals surface area contributed by atoms with E-state index in [-0.39, 0.29) is 11.4 Å². The van der Waals surface area contributed by atoms with Crippen LogP contribution in [0.1, 0.15) is 23.2 Å². The Hall–Kier alpha value is -2.09. The predicted molar refractivity (Wildman–Crippen MR) is 50.4 cm³/mol. The molecule has 5 heteroatoms. The highest BCUT2D eigenvalue weighted by Crippen LogP contribution is 2.39. The molecule has 0 unspecified atom stereocenters. The summed E-state index contributed by atoms with van der Waals surface area (Å²) in [6.45, 7) is 0. The lowest BCUT2D eigenvalue weighted by molar-refractivity contribution is 0.0688. The lowest BCUT2D eigenvalue weighted by Gasteiger charge is -2.11. The van der Waals surface area contributed by atoms with E-state index in [2.05, 4.69) is 15.9 Å². The summed E-state index contributed by atoms with van der Waals surface area (Å²) in [6, 6.07) is 0. The molecular weight excluding hydrogens is 196 g/mol. The van der Waals surface area contributed by atoms with Gasteiger partial charge in [0.25, 0.3) is 0 Å². The highest BCUT2D eigenvalue weighted by Gasteiger charge is 2.45. The molecule has 1 aromatic heterocycles. The second-order valence-electron chi connectivity index (χ2n) is 3.29. The minimum absolute atomic E-state index is 0.0351. The van der Waals surface area contributed by atoms with Crippen LogP contribution in [0.2, 0.25) is 0 Å². The molecule has 1 aliphatic carbocycles. The van der Waals surface area contributed by atoms with Crippen LogP contribution in [0.5, 0.6) is 5.88 Å². The Kier molecular flexibility index (Phi) is 2.05. The maximum Gasteiger partial charge on any atom is 0.342 e. The average Bonchev–Trinajstić information content (AvgIpc) is 2.99. The van der Waals surface area contributed by atoms with Gasteiger partial charge < -0.3 is 9.84 Å². The number of hydrogen-bond donors (Lipinski definition) is 1. The van der Waals surface area contributed by atoms with Crippen LogP contribution >= 0.6 is 0 Å². The summed E-state index contributed by atoms with van der Waals surface area (Å²) in [5, 5.41) is 8.84. The number of rotatable bonds is 3. The zero-order valence-electron chi connectivity index (χ0n) is 7.80. The number of terminal acetylenes is 1. The molecule has 0 amide bonds. The second-order valence-corrected chi connectivity index (χ2v) is 3.29. The van der Waals surface area contributed by atoms with Gasteiger partial charge in [0.1, 0.15) is 11.9 Å². The summed E-state index contributed by atoms with van der Waals surface area (Å²) in [6.07, 6.45) is 9.16. The van der Waals surface area contributed by atoms with Gasteiger partial charge >= 0.3 is 5.97 Å². The van der Waals surface area contributed by atoms with Crippen molar-refractivity contribution in [1.29, 1.82) is 0 Å². The fourth-order valence-corrected chi connectivity index (χ4v) is 1.12. The van der Waals surface area contributed by atoms with Gasteiger partial charge in [-0.15, -0.1) is 6.42 Å². The quantitative estimate of drug-likeness (QED) is 0.734. The molecule has 1 saturated carbocycles. The summed E-state index contributed by atoms with van der Waals surface area (Å²) in [5.74, 6) is 1.40. The molecule has 0 radical (unpaired) electrons. The number of ether oxygens (including phenoxy) is 1. The topological polar surface area (TPSA) is 72.3 Å². The molecule has 0 aliphatic heterocycles. The lowest BCUT2D eigenvalue weighted by Crippen LogP contribution is -2.18. The molecule has 2 rings (SSSR count). The normalized spacial score (nSPS) is 16.5. The van der Waals surface area contributed by atoms with Crippen LogP contribution in [0.3, 0.4) is 0 Å². The lowest BCUT2D eigenvalue weighted by atomic mass is 10.3. The van der Waals surface area contributed by atoms with Crippen LogP contribution in [0.15, 0.2) is 12.5 Å². The molecule has 1 aromatic rings. The first-order valence-corrected chi connectivity index (χ1v) is 4.37. The largest absolute Gasteiger partial charge is 0.477 e. The van der Waals surface area contributed by atoms with Crippen molar-refractivity contribution in [2.75, 3.05) is 0 Å². The summed E-state index contributed by atoms with van der Waals surface area (Å²) in [4.78, 5) is 18.2. The van der Waals surface area contributed by atoms with Crippen molar-refractivity contribution in [1.82, 2.24) is 9.97 Å². The molecule has 15 heavy (non-hydrogen) atoms. The SMILES string of the molecule is C#CC1(Oc2ncncc2C(=O)O)CC1. The Morgan fingerprint density at radius 2 is 2.40 bits per heavy atom. The number of aromatic carboxylic acids is 1. The van der Waals surface area contributed by atoms with E-state index in [1.807, 2.05) is 0 Å². The highest BCUT2D eigenvalue weighted by atomic mass is 16.5. The van der Waals surface area contributed by atoms with Gasteiger partial charge in [-0.05, 0) is 0 Å². The van der Waals surface area contributed by atoms with Crippen LogP contribution < -0.4 is 4.74 Å². The minimum atomic E-state index is -1.13. The highest BCUT2D eigenvalue weighted by molar-refractivity contribution is 5.89. The number of aromatic nitrogens is 2. The minimum Gasteiger partial charge on any atom is -0.477 e. The molecule has 0 spiro atoms. The number of hydrogen-bond acceptors (Lipinski definition) is 4. The van der Waals surface area contributed by atoms with Gasteiger partial charge in [0, 0.05) is 19.0 Å². The Labute approximate surface area is 86.1 Å². The Morgan fingerprint density at radius 1 is 1.67 bits per heavy atom. The number of carboxylic acids is 1. The first kappa shape index (κ1) is 9.46. The summed E-state index contributed by atoms with van der Waals surface area (Å²) >= 11 is 0. The average molecular weight is 204 g/mol. The van der Waals surface area contributed by atoms with E-state index in [1.54, 1.807) is 0 Å². The Bertz CT molecular complexity index is 446.